The van der Waals surface area contributed by atoms with Gasteiger partial charge in [-0.05, 0) is 24.0 Å². The summed E-state index contributed by atoms with van der Waals surface area (Å²) in [5.41, 5.74) is 2.83. The molecule has 0 spiro atoms. The molecule has 0 fully saturated rings. The molecule has 1 unspecified atom stereocenters. The van der Waals surface area contributed by atoms with Crippen molar-refractivity contribution in [1.82, 2.24) is 0 Å². The van der Waals surface area contributed by atoms with Crippen molar-refractivity contribution in [2.75, 3.05) is 7.11 Å². The van der Waals surface area contributed by atoms with Crippen molar-refractivity contribution in [2.45, 2.75) is 12.8 Å². The van der Waals surface area contributed by atoms with E-state index < -0.39 is 8.25 Å². The summed E-state index contributed by atoms with van der Waals surface area (Å²) in [7, 11) is -1.44. The molecule has 102 valence electrons. The van der Waals surface area contributed by atoms with Crippen LogP contribution in [0.5, 0.6) is 0 Å². The van der Waals surface area contributed by atoms with Crippen molar-refractivity contribution in [3.8, 4) is 0 Å². The minimum Gasteiger partial charge on any atom is -0.326 e. The Morgan fingerprint density at radius 1 is 0.895 bits per heavy atom. The largest absolute Gasteiger partial charge is 0.326 e. The number of hydrogen-bond donors (Lipinski definition) is 1. The van der Waals surface area contributed by atoms with Crippen LogP contribution in [0.1, 0.15) is 11.1 Å². The highest BCUT2D eigenvalue weighted by atomic mass is 31.1. The molecule has 0 amide bonds. The van der Waals surface area contributed by atoms with Crippen LogP contribution in [0.3, 0.4) is 0 Å². The smallest absolute Gasteiger partial charge is 0.316 e. The van der Waals surface area contributed by atoms with Crippen molar-refractivity contribution >= 4 is 8.25 Å². The normalized spacial score (nSPS) is 11.3. The lowest BCUT2D eigenvalue weighted by Gasteiger charge is -2.01. The zero-order valence-electron chi connectivity index (χ0n) is 11.0. The summed E-state index contributed by atoms with van der Waals surface area (Å²) < 4.78 is 13.2. The van der Waals surface area contributed by atoms with E-state index in [2.05, 4.69) is 65.2 Å². The molecule has 2 aromatic carbocycles. The molecule has 0 aliphatic heterocycles. The summed E-state index contributed by atoms with van der Waals surface area (Å²) in [5, 5.41) is 0. The highest BCUT2D eigenvalue weighted by molar-refractivity contribution is 7.32. The molecule has 0 saturated heterocycles. The minimum atomic E-state index is -2.62. The molecule has 0 aliphatic rings. The molecule has 0 saturated carbocycles. The molecule has 0 bridgehead atoms. The average Bonchev–Trinajstić information content (AvgIpc) is 2.48. The lowest BCUT2D eigenvalue weighted by atomic mass is 10.0. The summed E-state index contributed by atoms with van der Waals surface area (Å²) in [5.74, 6) is 0. The van der Waals surface area contributed by atoms with Crippen LogP contribution < -0.4 is 0 Å². The molecule has 0 aliphatic carbocycles. The Labute approximate surface area is 114 Å². The predicted molar refractivity (Wildman–Crippen MR) is 78.5 cm³/mol. The zero-order valence-corrected chi connectivity index (χ0v) is 12.0. The van der Waals surface area contributed by atoms with E-state index in [0.717, 1.165) is 12.8 Å². The molecule has 0 heterocycles. The first-order chi connectivity index (χ1) is 9.22. The quantitative estimate of drug-likeness (QED) is 0.871. The van der Waals surface area contributed by atoms with Crippen molar-refractivity contribution in [3.05, 3.63) is 71.8 Å². The Bertz CT molecular complexity index is 432. The Morgan fingerprint density at radius 3 is 1.47 bits per heavy atom. The second-order valence-corrected chi connectivity index (χ2v) is 4.88. The van der Waals surface area contributed by atoms with Crippen molar-refractivity contribution < 1.29 is 14.0 Å². The maximum atomic E-state index is 9.33. The van der Waals surface area contributed by atoms with E-state index in [0.29, 0.717) is 0 Å². The van der Waals surface area contributed by atoms with Crippen LogP contribution in [0.25, 0.3) is 0 Å². The van der Waals surface area contributed by atoms with E-state index in [1.807, 2.05) is 0 Å². The van der Waals surface area contributed by atoms with Gasteiger partial charge in [0.25, 0.3) is 0 Å². The van der Waals surface area contributed by atoms with Crippen molar-refractivity contribution in [3.63, 3.8) is 0 Å². The topological polar surface area (TPSA) is 46.5 Å². The number of hydrogen-bond acceptors (Lipinski definition) is 2. The van der Waals surface area contributed by atoms with E-state index >= 15 is 0 Å². The van der Waals surface area contributed by atoms with Gasteiger partial charge in [0.05, 0.1) is 0 Å². The molecule has 0 aromatic heterocycles. The average molecular weight is 278 g/mol. The van der Waals surface area contributed by atoms with Crippen LogP contribution in [-0.4, -0.2) is 12.0 Å². The molecular formula is C15H19O3P. The van der Waals surface area contributed by atoms with E-state index in [-0.39, 0.29) is 0 Å². The number of aryl methyl sites for hydroxylation is 2. The summed E-state index contributed by atoms with van der Waals surface area (Å²) >= 11 is 0. The molecule has 2 rings (SSSR count). The summed E-state index contributed by atoms with van der Waals surface area (Å²) in [6.45, 7) is 0. The summed E-state index contributed by atoms with van der Waals surface area (Å²) in [6, 6.07) is 21.2. The van der Waals surface area contributed by atoms with Gasteiger partial charge in [-0.2, -0.15) is 0 Å². The van der Waals surface area contributed by atoms with Gasteiger partial charge >= 0.3 is 8.25 Å². The van der Waals surface area contributed by atoms with Gasteiger partial charge in [0.1, 0.15) is 0 Å². The second-order valence-electron chi connectivity index (χ2n) is 3.94. The first kappa shape index (κ1) is 15.6. The molecule has 0 radical (unpaired) electrons. The molecule has 3 nitrogen and oxygen atoms in total. The first-order valence-electron chi connectivity index (χ1n) is 6.07. The van der Waals surface area contributed by atoms with Crippen LogP contribution >= 0.6 is 8.25 Å². The second kappa shape index (κ2) is 9.51. The third-order valence-corrected chi connectivity index (χ3v) is 2.91. The molecular weight excluding hydrogens is 259 g/mol. The zero-order chi connectivity index (χ0) is 13.9. The predicted octanol–water partition coefficient (Wildman–Crippen LogP) is 3.49. The standard InChI is InChI=1S/C14H14.CH5O3P/c1-3-7-13(8-4-1)11-12-14-9-5-2-6-10-14;1-4-5(2)3/h1-10H,11-12H2;5H,1H3,(H,2,3). The van der Waals surface area contributed by atoms with Gasteiger partial charge in [-0.15, -0.1) is 0 Å². The Hall–Kier alpha value is -1.41. The van der Waals surface area contributed by atoms with E-state index in [9.17, 15) is 4.57 Å². The fourth-order valence-corrected chi connectivity index (χ4v) is 1.58. The molecule has 4 heteroatoms. The Morgan fingerprint density at radius 2 is 1.21 bits per heavy atom. The van der Waals surface area contributed by atoms with Gasteiger partial charge < -0.3 is 9.42 Å². The Kier molecular flexibility index (Phi) is 7.83. The van der Waals surface area contributed by atoms with E-state index in [1.54, 1.807) is 0 Å². The van der Waals surface area contributed by atoms with Crippen LogP contribution in [0, 0.1) is 0 Å². The van der Waals surface area contributed by atoms with Crippen LogP contribution in [-0.2, 0) is 21.9 Å². The molecule has 2 aromatic rings. The summed E-state index contributed by atoms with van der Waals surface area (Å²) in [4.78, 5) is 7.69. The fourth-order valence-electron chi connectivity index (χ4n) is 1.58. The molecule has 1 atom stereocenters. The van der Waals surface area contributed by atoms with Gasteiger partial charge in [0, 0.05) is 7.11 Å². The number of rotatable bonds is 4. The molecule has 1 N–H and O–H groups in total. The lowest BCUT2D eigenvalue weighted by Crippen LogP contribution is -1.89. The van der Waals surface area contributed by atoms with Crippen molar-refractivity contribution in [2.24, 2.45) is 0 Å². The highest BCUT2D eigenvalue weighted by Crippen LogP contribution is 2.09. The summed E-state index contributed by atoms with van der Waals surface area (Å²) in [6.07, 6.45) is 2.26. The van der Waals surface area contributed by atoms with E-state index in [1.165, 1.54) is 18.2 Å². The van der Waals surface area contributed by atoms with Crippen LogP contribution in [0.2, 0.25) is 0 Å². The maximum Gasteiger partial charge on any atom is 0.316 e. The highest BCUT2D eigenvalue weighted by Gasteiger charge is 1.93. The third kappa shape index (κ3) is 7.58. The van der Waals surface area contributed by atoms with Gasteiger partial charge in [-0.1, -0.05) is 60.7 Å². The van der Waals surface area contributed by atoms with Gasteiger partial charge in [0.15, 0.2) is 0 Å². The van der Waals surface area contributed by atoms with Gasteiger partial charge in [-0.3, -0.25) is 4.57 Å². The monoisotopic (exact) mass is 278 g/mol. The van der Waals surface area contributed by atoms with Crippen LogP contribution in [0.4, 0.5) is 0 Å². The fraction of sp³-hybridized carbons (Fsp3) is 0.200. The van der Waals surface area contributed by atoms with Gasteiger partial charge in [-0.25, -0.2) is 0 Å². The molecule has 19 heavy (non-hydrogen) atoms. The number of benzene rings is 2. The third-order valence-electron chi connectivity index (χ3n) is 2.56. The minimum absolute atomic E-state index is 1.13. The first-order valence-corrected chi connectivity index (χ1v) is 7.33. The van der Waals surface area contributed by atoms with Crippen molar-refractivity contribution in [1.29, 1.82) is 0 Å². The lowest BCUT2D eigenvalue weighted by molar-refractivity contribution is 0.343. The Balaban J connectivity index is 0.000000312. The SMILES string of the molecule is CO[PH](=O)O.c1ccc(CCc2ccccc2)cc1. The van der Waals surface area contributed by atoms with E-state index in [4.69, 9.17) is 4.89 Å². The van der Waals surface area contributed by atoms with Crippen LogP contribution in [0.15, 0.2) is 60.7 Å². The maximum absolute atomic E-state index is 9.33. The van der Waals surface area contributed by atoms with Gasteiger partial charge in [0.2, 0.25) is 0 Å².